The summed E-state index contributed by atoms with van der Waals surface area (Å²) in [5, 5.41) is 13.7. The fourth-order valence-electron chi connectivity index (χ4n) is 7.22. The van der Waals surface area contributed by atoms with Gasteiger partial charge >= 0.3 is 18.0 Å². The molecule has 0 heterocycles. The van der Waals surface area contributed by atoms with Crippen LogP contribution in [0.25, 0.3) is 0 Å². The SMILES string of the molecule is O=C(N[C@@H]1CC[C@@]2(S(=O)(=O)c3ccc(F)cc3)c3ccc(C(F)(C(F)(F)F)C(F)(F)F)cc3CC[C@@H]12)C1(O)CCCCC1. The number of aryl methyl sites for hydroxylation is 1. The maximum Gasteiger partial charge on any atom is 0.435 e. The number of sulfone groups is 1. The Balaban J connectivity index is 1.63. The molecule has 0 radical (unpaired) electrons. The van der Waals surface area contributed by atoms with E-state index in [9.17, 15) is 53.4 Å². The molecule has 0 aliphatic heterocycles. The minimum Gasteiger partial charge on any atom is -0.380 e. The molecule has 2 saturated carbocycles. The summed E-state index contributed by atoms with van der Waals surface area (Å²) in [4.78, 5) is 12.9. The van der Waals surface area contributed by atoms with Crippen LogP contribution in [0.4, 0.5) is 35.1 Å². The van der Waals surface area contributed by atoms with E-state index in [1.165, 1.54) is 0 Å². The normalized spacial score (nSPS) is 26.0. The van der Waals surface area contributed by atoms with E-state index >= 15 is 0 Å². The van der Waals surface area contributed by atoms with Gasteiger partial charge in [0.15, 0.2) is 9.84 Å². The summed E-state index contributed by atoms with van der Waals surface area (Å²) < 4.78 is 137. The highest BCUT2D eigenvalue weighted by Crippen LogP contribution is 2.59. The Morgan fingerprint density at radius 2 is 1.47 bits per heavy atom. The number of amides is 1. The second-order valence-electron chi connectivity index (χ2n) is 11.7. The summed E-state index contributed by atoms with van der Waals surface area (Å²) in [6.07, 6.45) is -10.6. The van der Waals surface area contributed by atoms with Crippen LogP contribution in [-0.2, 0) is 31.5 Å². The number of nitrogens with one attached hydrogen (secondary N) is 1. The van der Waals surface area contributed by atoms with Crippen LogP contribution >= 0.6 is 0 Å². The summed E-state index contributed by atoms with van der Waals surface area (Å²) in [5.41, 5.74) is -9.37. The molecule has 3 aliphatic carbocycles. The van der Waals surface area contributed by atoms with Crippen LogP contribution in [0.2, 0.25) is 0 Å². The first kappa shape index (κ1) is 31.7. The van der Waals surface area contributed by atoms with Crippen LogP contribution in [0.5, 0.6) is 0 Å². The first-order chi connectivity index (χ1) is 19.9. The van der Waals surface area contributed by atoms with Crippen molar-refractivity contribution in [2.24, 2.45) is 5.92 Å². The van der Waals surface area contributed by atoms with Gasteiger partial charge in [0.25, 0.3) is 5.91 Å². The van der Waals surface area contributed by atoms with Crippen LogP contribution in [0.1, 0.15) is 68.1 Å². The Kier molecular flexibility index (Phi) is 7.68. The molecule has 1 amide bonds. The van der Waals surface area contributed by atoms with Gasteiger partial charge in [-0.05, 0) is 73.9 Å². The quantitative estimate of drug-likeness (QED) is 0.297. The Morgan fingerprint density at radius 1 is 0.860 bits per heavy atom. The third kappa shape index (κ3) is 4.83. The molecule has 3 atom stereocenters. The third-order valence-electron chi connectivity index (χ3n) is 9.40. The summed E-state index contributed by atoms with van der Waals surface area (Å²) in [6.45, 7) is 0. The molecule has 2 fully saturated rings. The summed E-state index contributed by atoms with van der Waals surface area (Å²) in [6, 6.07) is 4.54. The van der Waals surface area contributed by atoms with E-state index in [1.54, 1.807) is 0 Å². The Labute approximate surface area is 242 Å². The Bertz CT molecular complexity index is 1490. The second kappa shape index (κ2) is 10.4. The lowest BCUT2D eigenvalue weighted by molar-refractivity contribution is -0.348. The van der Waals surface area contributed by atoms with Gasteiger partial charge in [-0.25, -0.2) is 17.2 Å². The molecular weight excluding hydrogens is 610 g/mol. The zero-order chi connectivity index (χ0) is 31.6. The standard InChI is InChI=1S/C29H29F8NO4S/c30-19-6-8-20(9-7-19)43(41,42)26-15-12-23(38-24(39)25(40)13-2-1-3-14-25)22(26)10-4-17-16-18(5-11-21(17)26)27(31,28(32,33)34)29(35,36)37/h5-9,11,16,22-23,40H,1-4,10,12-15H2,(H,38,39)/t22-,23+,26+/m0/s1. The van der Waals surface area contributed by atoms with Crippen molar-refractivity contribution in [3.8, 4) is 0 Å². The molecular formula is C29H29F8NO4S. The fraction of sp³-hybridized carbons (Fsp3) is 0.552. The average molecular weight is 640 g/mol. The minimum atomic E-state index is -6.35. The number of aliphatic hydroxyl groups is 1. The lowest BCUT2D eigenvalue weighted by atomic mass is 9.73. The number of hydrogen-bond donors (Lipinski definition) is 2. The lowest BCUT2D eigenvalue weighted by Crippen LogP contribution is -2.55. The molecule has 43 heavy (non-hydrogen) atoms. The van der Waals surface area contributed by atoms with Crippen molar-refractivity contribution >= 4 is 15.7 Å². The van der Waals surface area contributed by atoms with Crippen molar-refractivity contribution in [1.29, 1.82) is 0 Å². The first-order valence-corrected chi connectivity index (χ1v) is 15.4. The molecule has 14 heteroatoms. The maximum atomic E-state index is 15.0. The number of benzene rings is 2. The van der Waals surface area contributed by atoms with E-state index in [0.717, 1.165) is 36.8 Å². The molecule has 3 aliphatic rings. The maximum absolute atomic E-state index is 15.0. The van der Waals surface area contributed by atoms with Gasteiger partial charge in [-0.1, -0.05) is 37.5 Å². The molecule has 5 rings (SSSR count). The van der Waals surface area contributed by atoms with E-state index in [2.05, 4.69) is 5.32 Å². The highest BCUT2D eigenvalue weighted by molar-refractivity contribution is 7.92. The second-order valence-corrected chi connectivity index (χ2v) is 13.9. The van der Waals surface area contributed by atoms with Crippen molar-refractivity contribution in [2.75, 3.05) is 0 Å². The topological polar surface area (TPSA) is 83.5 Å². The predicted octanol–water partition coefficient (Wildman–Crippen LogP) is 6.32. The highest BCUT2D eigenvalue weighted by atomic mass is 32.2. The van der Waals surface area contributed by atoms with Crippen molar-refractivity contribution < 1.29 is 53.4 Å². The molecule has 2 aromatic rings. The number of carbonyl (C=O) groups is 1. The molecule has 0 bridgehead atoms. The van der Waals surface area contributed by atoms with Crippen molar-refractivity contribution in [3.05, 3.63) is 65.0 Å². The van der Waals surface area contributed by atoms with Crippen LogP contribution in [0.15, 0.2) is 47.4 Å². The summed E-state index contributed by atoms with van der Waals surface area (Å²) in [7, 11) is -4.52. The van der Waals surface area contributed by atoms with E-state index in [4.69, 9.17) is 0 Å². The van der Waals surface area contributed by atoms with Crippen LogP contribution in [-0.4, -0.2) is 43.4 Å². The zero-order valence-electron chi connectivity index (χ0n) is 22.7. The van der Waals surface area contributed by atoms with Gasteiger partial charge in [-0.3, -0.25) is 4.79 Å². The molecule has 2 N–H and O–H groups in total. The molecule has 0 aromatic heterocycles. The van der Waals surface area contributed by atoms with Crippen molar-refractivity contribution in [3.63, 3.8) is 0 Å². The van der Waals surface area contributed by atoms with E-state index in [-0.39, 0.29) is 54.5 Å². The highest BCUT2D eigenvalue weighted by Gasteiger charge is 2.74. The van der Waals surface area contributed by atoms with Crippen LogP contribution in [0, 0.1) is 11.7 Å². The van der Waals surface area contributed by atoms with Gasteiger partial charge in [0.1, 0.15) is 16.2 Å². The van der Waals surface area contributed by atoms with Crippen molar-refractivity contribution in [1.82, 2.24) is 5.32 Å². The van der Waals surface area contributed by atoms with Gasteiger partial charge in [-0.15, -0.1) is 0 Å². The monoisotopic (exact) mass is 639 g/mol. The molecule has 0 spiro atoms. The van der Waals surface area contributed by atoms with Crippen LogP contribution < -0.4 is 5.32 Å². The number of carbonyl (C=O) groups excluding carboxylic acids is 1. The number of rotatable bonds is 5. The third-order valence-corrected chi connectivity index (χ3v) is 12.0. The predicted molar refractivity (Wildman–Crippen MR) is 138 cm³/mol. The Morgan fingerprint density at radius 3 is 2.05 bits per heavy atom. The van der Waals surface area contributed by atoms with E-state index in [1.807, 2.05) is 0 Å². The summed E-state index contributed by atoms with van der Waals surface area (Å²) >= 11 is 0. The fourth-order valence-corrected chi connectivity index (χ4v) is 9.69. The number of alkyl halides is 7. The van der Waals surface area contributed by atoms with Gasteiger partial charge < -0.3 is 10.4 Å². The van der Waals surface area contributed by atoms with Crippen molar-refractivity contribution in [2.45, 2.75) is 97.1 Å². The molecule has 2 aromatic carbocycles. The zero-order valence-corrected chi connectivity index (χ0v) is 23.5. The molecule has 0 unspecified atom stereocenters. The number of fused-ring (bicyclic) bond motifs is 3. The molecule has 236 valence electrons. The summed E-state index contributed by atoms with van der Waals surface area (Å²) in [5.74, 6) is -2.32. The van der Waals surface area contributed by atoms with Gasteiger partial charge in [0.05, 0.1) is 4.90 Å². The van der Waals surface area contributed by atoms with Gasteiger partial charge in [0.2, 0.25) is 0 Å². The smallest absolute Gasteiger partial charge is 0.380 e. The van der Waals surface area contributed by atoms with E-state index in [0.29, 0.717) is 25.0 Å². The lowest BCUT2D eigenvalue weighted by Gasteiger charge is -2.43. The first-order valence-electron chi connectivity index (χ1n) is 13.9. The largest absolute Gasteiger partial charge is 0.435 e. The van der Waals surface area contributed by atoms with Gasteiger partial charge in [-0.2, -0.15) is 26.3 Å². The molecule has 5 nitrogen and oxygen atoms in total. The Hall–Kier alpha value is -2.74. The van der Waals surface area contributed by atoms with Crippen LogP contribution in [0.3, 0.4) is 0 Å². The van der Waals surface area contributed by atoms with E-state index < -0.39 is 67.5 Å². The minimum absolute atomic E-state index is 0.0618. The molecule has 0 saturated heterocycles. The average Bonchev–Trinajstić information content (AvgIpc) is 3.32. The number of halogens is 8. The van der Waals surface area contributed by atoms with Gasteiger partial charge in [0, 0.05) is 17.5 Å². The number of hydrogen-bond acceptors (Lipinski definition) is 4.